The third-order valence-corrected chi connectivity index (χ3v) is 4.20. The van der Waals surface area contributed by atoms with E-state index in [1.165, 1.54) is 6.08 Å². The van der Waals surface area contributed by atoms with Crippen LogP contribution in [0.5, 0.6) is 11.5 Å². The molecule has 1 aromatic carbocycles. The molecule has 0 spiro atoms. The number of amides is 2. The first-order valence-corrected chi connectivity index (χ1v) is 8.04. The molecule has 2 N–H and O–H groups in total. The summed E-state index contributed by atoms with van der Waals surface area (Å²) >= 11 is 0. The van der Waals surface area contributed by atoms with Gasteiger partial charge in [-0.25, -0.2) is 0 Å². The summed E-state index contributed by atoms with van der Waals surface area (Å²) < 4.78 is 10.4. The van der Waals surface area contributed by atoms with E-state index in [0.29, 0.717) is 11.5 Å². The predicted octanol–water partition coefficient (Wildman–Crippen LogP) is 1.97. The molecule has 6 nitrogen and oxygen atoms in total. The number of nitrogens with zero attached hydrogens (tertiary/aromatic N) is 1. The second kappa shape index (κ2) is 8.38. The molecule has 130 valence electrons. The van der Waals surface area contributed by atoms with Crippen molar-refractivity contribution in [2.45, 2.75) is 31.7 Å². The molecule has 0 heterocycles. The minimum atomic E-state index is -0.491. The van der Waals surface area contributed by atoms with Crippen molar-refractivity contribution in [3.63, 3.8) is 0 Å². The first kappa shape index (κ1) is 17.8. The summed E-state index contributed by atoms with van der Waals surface area (Å²) in [5, 5.41) is 0. The zero-order chi connectivity index (χ0) is 17.5. The summed E-state index contributed by atoms with van der Waals surface area (Å²) in [4.78, 5) is 25.3. The van der Waals surface area contributed by atoms with Crippen molar-refractivity contribution in [2.24, 2.45) is 5.73 Å². The summed E-state index contributed by atoms with van der Waals surface area (Å²) in [6, 6.07) is 5.50. The normalized spacial score (nSPS) is 14.8. The van der Waals surface area contributed by atoms with Crippen molar-refractivity contribution >= 4 is 17.9 Å². The molecule has 6 heteroatoms. The van der Waals surface area contributed by atoms with Gasteiger partial charge in [-0.3, -0.25) is 9.59 Å². The van der Waals surface area contributed by atoms with Crippen molar-refractivity contribution in [1.29, 1.82) is 0 Å². The third kappa shape index (κ3) is 4.50. The molecule has 0 bridgehead atoms. The molecule has 1 aliphatic rings. The fraction of sp³-hybridized carbons (Fsp3) is 0.444. The van der Waals surface area contributed by atoms with Gasteiger partial charge in [0, 0.05) is 12.1 Å². The van der Waals surface area contributed by atoms with Crippen LogP contribution in [-0.4, -0.2) is 43.5 Å². The average Bonchev–Trinajstić information content (AvgIpc) is 3.11. The third-order valence-electron chi connectivity index (χ3n) is 4.20. The van der Waals surface area contributed by atoms with Gasteiger partial charge in [-0.2, -0.15) is 0 Å². The minimum Gasteiger partial charge on any atom is -0.493 e. The fourth-order valence-electron chi connectivity index (χ4n) is 2.99. The molecule has 1 saturated carbocycles. The molecule has 1 fully saturated rings. The van der Waals surface area contributed by atoms with E-state index >= 15 is 0 Å². The van der Waals surface area contributed by atoms with Gasteiger partial charge in [-0.1, -0.05) is 18.9 Å². The van der Waals surface area contributed by atoms with E-state index in [1.54, 1.807) is 37.3 Å². The van der Waals surface area contributed by atoms with Crippen LogP contribution in [0.1, 0.15) is 31.2 Å². The summed E-state index contributed by atoms with van der Waals surface area (Å²) in [6.07, 6.45) is 7.17. The number of carbonyl (C=O) groups excluding carboxylic acids is 2. The van der Waals surface area contributed by atoms with Gasteiger partial charge < -0.3 is 20.1 Å². The van der Waals surface area contributed by atoms with Gasteiger partial charge in [0.05, 0.1) is 20.8 Å². The SMILES string of the molecule is COc1ccc(/C=C\C(=O)N(CC(N)=O)C2CCCC2)cc1OC. The van der Waals surface area contributed by atoms with Crippen LogP contribution in [0.2, 0.25) is 0 Å². The highest BCUT2D eigenvalue weighted by molar-refractivity contribution is 5.94. The maximum Gasteiger partial charge on any atom is 0.247 e. The molecule has 1 aliphatic carbocycles. The van der Waals surface area contributed by atoms with Crippen LogP contribution in [0.4, 0.5) is 0 Å². The monoisotopic (exact) mass is 332 g/mol. The molecule has 0 atom stereocenters. The Morgan fingerprint density at radius 2 is 1.88 bits per heavy atom. The Hall–Kier alpha value is -2.50. The van der Waals surface area contributed by atoms with E-state index in [0.717, 1.165) is 31.2 Å². The van der Waals surface area contributed by atoms with E-state index in [4.69, 9.17) is 15.2 Å². The van der Waals surface area contributed by atoms with Crippen molar-refractivity contribution in [3.05, 3.63) is 29.8 Å². The van der Waals surface area contributed by atoms with Gasteiger partial charge in [-0.15, -0.1) is 0 Å². The number of rotatable bonds is 7. The number of hydrogen-bond acceptors (Lipinski definition) is 4. The number of primary amides is 1. The fourth-order valence-corrected chi connectivity index (χ4v) is 2.99. The molecule has 0 aliphatic heterocycles. The lowest BCUT2D eigenvalue weighted by atomic mass is 10.1. The summed E-state index contributed by atoms with van der Waals surface area (Å²) in [5.41, 5.74) is 6.10. The Morgan fingerprint density at radius 3 is 2.46 bits per heavy atom. The van der Waals surface area contributed by atoms with Crippen LogP contribution in [0.15, 0.2) is 24.3 Å². The summed E-state index contributed by atoms with van der Waals surface area (Å²) in [5.74, 6) is 0.532. The van der Waals surface area contributed by atoms with Gasteiger partial charge in [0.2, 0.25) is 11.8 Å². The van der Waals surface area contributed by atoms with Crippen LogP contribution >= 0.6 is 0 Å². The van der Waals surface area contributed by atoms with E-state index in [2.05, 4.69) is 0 Å². The molecule has 0 aromatic heterocycles. The highest BCUT2D eigenvalue weighted by atomic mass is 16.5. The van der Waals surface area contributed by atoms with Crippen LogP contribution in [-0.2, 0) is 9.59 Å². The number of carbonyl (C=O) groups is 2. The lowest BCUT2D eigenvalue weighted by Crippen LogP contribution is -2.43. The number of ether oxygens (including phenoxy) is 2. The molecule has 0 saturated heterocycles. The van der Waals surface area contributed by atoms with Gasteiger partial charge in [0.25, 0.3) is 0 Å². The maximum atomic E-state index is 12.5. The Kier molecular flexibility index (Phi) is 6.23. The van der Waals surface area contributed by atoms with Gasteiger partial charge in [-0.05, 0) is 36.6 Å². The lowest BCUT2D eigenvalue weighted by Gasteiger charge is -2.26. The number of benzene rings is 1. The standard InChI is InChI=1S/C18H24N2O4/c1-23-15-9-7-13(11-16(15)24-2)8-10-18(22)20(12-17(19)21)14-5-3-4-6-14/h7-11,14H,3-6,12H2,1-2H3,(H2,19,21)/b10-8-. The summed E-state index contributed by atoms with van der Waals surface area (Å²) in [7, 11) is 3.13. The van der Waals surface area contributed by atoms with Crippen molar-refractivity contribution in [3.8, 4) is 11.5 Å². The highest BCUT2D eigenvalue weighted by Gasteiger charge is 2.26. The van der Waals surface area contributed by atoms with Gasteiger partial charge in [0.1, 0.15) is 0 Å². The van der Waals surface area contributed by atoms with Crippen molar-refractivity contribution in [1.82, 2.24) is 4.90 Å². The Morgan fingerprint density at radius 1 is 1.21 bits per heavy atom. The molecule has 2 rings (SSSR count). The molecule has 0 unspecified atom stereocenters. The number of methoxy groups -OCH3 is 2. The van der Waals surface area contributed by atoms with E-state index < -0.39 is 5.91 Å². The topological polar surface area (TPSA) is 81.9 Å². The van der Waals surface area contributed by atoms with E-state index in [1.807, 2.05) is 6.07 Å². The first-order chi connectivity index (χ1) is 11.5. The summed E-state index contributed by atoms with van der Waals surface area (Å²) in [6.45, 7) is -0.0419. The molecule has 24 heavy (non-hydrogen) atoms. The molecule has 0 radical (unpaired) electrons. The predicted molar refractivity (Wildman–Crippen MR) is 91.7 cm³/mol. The zero-order valence-corrected chi connectivity index (χ0v) is 14.2. The van der Waals surface area contributed by atoms with Gasteiger partial charge in [0.15, 0.2) is 11.5 Å². The van der Waals surface area contributed by atoms with Crippen LogP contribution in [0.25, 0.3) is 6.08 Å². The van der Waals surface area contributed by atoms with E-state index in [-0.39, 0.29) is 18.5 Å². The maximum absolute atomic E-state index is 12.5. The lowest BCUT2D eigenvalue weighted by molar-refractivity contribution is -0.133. The molecular weight excluding hydrogens is 308 g/mol. The number of nitrogens with two attached hydrogens (primary N) is 1. The van der Waals surface area contributed by atoms with Crippen LogP contribution < -0.4 is 15.2 Å². The molecular formula is C18H24N2O4. The average molecular weight is 332 g/mol. The highest BCUT2D eigenvalue weighted by Crippen LogP contribution is 2.28. The largest absolute Gasteiger partial charge is 0.493 e. The van der Waals surface area contributed by atoms with Crippen molar-refractivity contribution < 1.29 is 19.1 Å². The van der Waals surface area contributed by atoms with Crippen LogP contribution in [0, 0.1) is 0 Å². The molecule has 1 aromatic rings. The zero-order valence-electron chi connectivity index (χ0n) is 14.2. The van der Waals surface area contributed by atoms with Crippen molar-refractivity contribution in [2.75, 3.05) is 20.8 Å². The Bertz CT molecular complexity index is 621. The Labute approximate surface area is 142 Å². The Balaban J connectivity index is 2.13. The van der Waals surface area contributed by atoms with E-state index in [9.17, 15) is 9.59 Å². The quantitative estimate of drug-likeness (QED) is 0.774. The second-order valence-electron chi connectivity index (χ2n) is 5.82. The minimum absolute atomic E-state index is 0.0419. The van der Waals surface area contributed by atoms with Gasteiger partial charge >= 0.3 is 0 Å². The molecule has 2 amide bonds. The number of hydrogen-bond donors (Lipinski definition) is 1. The smallest absolute Gasteiger partial charge is 0.247 e. The second-order valence-corrected chi connectivity index (χ2v) is 5.82. The van der Waals surface area contributed by atoms with Crippen LogP contribution in [0.3, 0.4) is 0 Å². The first-order valence-electron chi connectivity index (χ1n) is 8.04.